The van der Waals surface area contributed by atoms with E-state index in [0.717, 1.165) is 23.5 Å². The summed E-state index contributed by atoms with van der Waals surface area (Å²) in [4.78, 5) is 30.2. The number of amides is 2. The summed E-state index contributed by atoms with van der Waals surface area (Å²) in [6.45, 7) is 3.20. The summed E-state index contributed by atoms with van der Waals surface area (Å²) in [6, 6.07) is 16.9. The second-order valence-corrected chi connectivity index (χ2v) is 7.78. The van der Waals surface area contributed by atoms with E-state index in [0.29, 0.717) is 24.4 Å². The highest BCUT2D eigenvalue weighted by Gasteiger charge is 2.25. The summed E-state index contributed by atoms with van der Waals surface area (Å²) in [5.74, 6) is -0.411. The van der Waals surface area contributed by atoms with Crippen LogP contribution < -0.4 is 10.2 Å². The van der Waals surface area contributed by atoms with Gasteiger partial charge in [-0.15, -0.1) is 11.8 Å². The Hall–Kier alpha value is -2.57. The quantitative estimate of drug-likeness (QED) is 0.595. The van der Waals surface area contributed by atoms with Gasteiger partial charge in [0.05, 0.1) is 33.2 Å². The SMILES string of the molecule is CSc1ccc(/C=C(/NC(=O)c2ccccc2)C(=O)N2CC[NH+](C)CC2)cc1. The topological polar surface area (TPSA) is 53.9 Å². The molecule has 6 heteroatoms. The molecule has 3 rings (SSSR count). The summed E-state index contributed by atoms with van der Waals surface area (Å²) >= 11 is 1.67. The van der Waals surface area contributed by atoms with Crippen molar-refractivity contribution in [2.24, 2.45) is 0 Å². The number of thioether (sulfide) groups is 1. The molecule has 0 spiro atoms. The molecule has 0 aliphatic carbocycles. The Kier molecular flexibility index (Phi) is 6.90. The number of benzene rings is 2. The Morgan fingerprint density at radius 2 is 1.68 bits per heavy atom. The Morgan fingerprint density at radius 1 is 1.04 bits per heavy atom. The molecule has 5 nitrogen and oxygen atoms in total. The first kappa shape index (κ1) is 20.2. The van der Waals surface area contributed by atoms with Crippen LogP contribution in [0.15, 0.2) is 65.2 Å². The molecule has 1 aliphatic heterocycles. The summed E-state index contributed by atoms with van der Waals surface area (Å²) in [5.41, 5.74) is 1.72. The average Bonchev–Trinajstić information content (AvgIpc) is 2.74. The van der Waals surface area contributed by atoms with Gasteiger partial charge in [-0.1, -0.05) is 30.3 Å². The first-order chi connectivity index (χ1) is 13.6. The number of piperazine rings is 1. The minimum atomic E-state index is -0.277. The van der Waals surface area contributed by atoms with E-state index in [9.17, 15) is 9.59 Å². The van der Waals surface area contributed by atoms with Gasteiger partial charge in [0.2, 0.25) is 0 Å². The number of hydrogen-bond donors (Lipinski definition) is 2. The maximum atomic E-state index is 13.1. The number of carbonyl (C=O) groups excluding carboxylic acids is 2. The monoisotopic (exact) mass is 396 g/mol. The van der Waals surface area contributed by atoms with Crippen molar-refractivity contribution in [2.75, 3.05) is 39.5 Å². The number of quaternary nitrogens is 1. The average molecular weight is 397 g/mol. The Bertz CT molecular complexity index is 842. The van der Waals surface area contributed by atoms with E-state index in [1.165, 1.54) is 4.90 Å². The maximum absolute atomic E-state index is 13.1. The molecule has 146 valence electrons. The molecule has 0 radical (unpaired) electrons. The van der Waals surface area contributed by atoms with E-state index < -0.39 is 0 Å². The zero-order valence-corrected chi connectivity index (χ0v) is 17.1. The van der Waals surface area contributed by atoms with Crippen LogP contribution in [0.4, 0.5) is 0 Å². The van der Waals surface area contributed by atoms with Crippen molar-refractivity contribution in [3.8, 4) is 0 Å². The predicted molar refractivity (Wildman–Crippen MR) is 113 cm³/mol. The number of carbonyl (C=O) groups is 2. The first-order valence-electron chi connectivity index (χ1n) is 9.39. The third kappa shape index (κ3) is 5.24. The van der Waals surface area contributed by atoms with E-state index in [2.05, 4.69) is 12.4 Å². The Labute approximate surface area is 170 Å². The fourth-order valence-electron chi connectivity index (χ4n) is 3.06. The van der Waals surface area contributed by atoms with Crippen molar-refractivity contribution < 1.29 is 14.5 Å². The molecular weight excluding hydrogens is 370 g/mol. The van der Waals surface area contributed by atoms with Gasteiger partial charge in [0.15, 0.2) is 0 Å². The molecule has 2 N–H and O–H groups in total. The minimum Gasteiger partial charge on any atom is -0.334 e. The second kappa shape index (κ2) is 9.57. The lowest BCUT2D eigenvalue weighted by Gasteiger charge is -2.30. The molecular formula is C22H26N3O2S+. The van der Waals surface area contributed by atoms with Crippen LogP contribution in [-0.4, -0.2) is 56.2 Å². The maximum Gasteiger partial charge on any atom is 0.270 e. The molecule has 0 bridgehead atoms. The van der Waals surface area contributed by atoms with Gasteiger partial charge in [-0.25, -0.2) is 0 Å². The Balaban J connectivity index is 1.85. The van der Waals surface area contributed by atoms with Gasteiger partial charge < -0.3 is 15.1 Å². The number of nitrogens with one attached hydrogen (secondary N) is 2. The van der Waals surface area contributed by atoms with E-state index in [1.807, 2.05) is 53.6 Å². The van der Waals surface area contributed by atoms with Gasteiger partial charge in [0, 0.05) is 10.5 Å². The molecule has 1 heterocycles. The zero-order valence-electron chi connectivity index (χ0n) is 16.3. The van der Waals surface area contributed by atoms with Crippen LogP contribution in [0.1, 0.15) is 15.9 Å². The smallest absolute Gasteiger partial charge is 0.270 e. The largest absolute Gasteiger partial charge is 0.334 e. The second-order valence-electron chi connectivity index (χ2n) is 6.90. The van der Waals surface area contributed by atoms with E-state index in [1.54, 1.807) is 30.0 Å². The summed E-state index contributed by atoms with van der Waals surface area (Å²) in [7, 11) is 2.13. The lowest BCUT2D eigenvalue weighted by molar-refractivity contribution is -0.883. The van der Waals surface area contributed by atoms with Crippen LogP contribution in [-0.2, 0) is 4.79 Å². The van der Waals surface area contributed by atoms with Crippen molar-refractivity contribution in [3.63, 3.8) is 0 Å². The number of nitrogens with zero attached hydrogens (tertiary/aromatic N) is 1. The summed E-state index contributed by atoms with van der Waals surface area (Å²) in [6.07, 6.45) is 3.79. The van der Waals surface area contributed by atoms with Gasteiger partial charge in [0.25, 0.3) is 11.8 Å². The highest BCUT2D eigenvalue weighted by Crippen LogP contribution is 2.17. The minimum absolute atomic E-state index is 0.134. The lowest BCUT2D eigenvalue weighted by Crippen LogP contribution is -3.12. The van der Waals surface area contributed by atoms with Crippen LogP contribution in [0.25, 0.3) is 6.08 Å². The Morgan fingerprint density at radius 3 is 2.29 bits per heavy atom. The number of rotatable bonds is 5. The van der Waals surface area contributed by atoms with E-state index >= 15 is 0 Å². The van der Waals surface area contributed by atoms with Crippen molar-refractivity contribution in [1.29, 1.82) is 0 Å². The fourth-order valence-corrected chi connectivity index (χ4v) is 3.47. The molecule has 0 saturated carbocycles. The third-order valence-corrected chi connectivity index (χ3v) is 5.59. The molecule has 0 aromatic heterocycles. The molecule has 2 aromatic rings. The van der Waals surface area contributed by atoms with Gasteiger partial charge in [-0.2, -0.15) is 0 Å². The van der Waals surface area contributed by atoms with Crippen molar-refractivity contribution in [3.05, 3.63) is 71.4 Å². The van der Waals surface area contributed by atoms with E-state index in [4.69, 9.17) is 0 Å². The van der Waals surface area contributed by atoms with Gasteiger partial charge in [-0.3, -0.25) is 9.59 Å². The summed E-state index contributed by atoms with van der Waals surface area (Å²) in [5, 5.41) is 2.84. The van der Waals surface area contributed by atoms with Crippen molar-refractivity contribution >= 4 is 29.7 Å². The molecule has 1 saturated heterocycles. The van der Waals surface area contributed by atoms with Gasteiger partial charge in [-0.05, 0) is 42.2 Å². The predicted octanol–water partition coefficient (Wildman–Crippen LogP) is 1.54. The number of hydrogen-bond acceptors (Lipinski definition) is 3. The first-order valence-corrected chi connectivity index (χ1v) is 10.6. The molecule has 1 aliphatic rings. The number of likely N-dealkylation sites (N-methyl/N-ethyl adjacent to an activating group) is 1. The molecule has 0 unspecified atom stereocenters. The normalized spacial score (nSPS) is 15.4. The van der Waals surface area contributed by atoms with Crippen LogP contribution in [0.3, 0.4) is 0 Å². The van der Waals surface area contributed by atoms with Crippen LogP contribution in [0.5, 0.6) is 0 Å². The standard InChI is InChI=1S/C22H25N3O2S/c1-24-12-14-25(15-13-24)22(27)20(16-17-8-10-19(28-2)11-9-17)23-21(26)18-6-4-3-5-7-18/h3-11,16H,12-15H2,1-2H3,(H,23,26)/p+1/b20-16+. The molecule has 2 aromatic carbocycles. The molecule has 0 atom stereocenters. The van der Waals surface area contributed by atoms with Crippen molar-refractivity contribution in [1.82, 2.24) is 10.2 Å². The highest BCUT2D eigenvalue weighted by molar-refractivity contribution is 7.98. The fraction of sp³-hybridized carbons (Fsp3) is 0.273. The van der Waals surface area contributed by atoms with Gasteiger partial charge in [0.1, 0.15) is 5.70 Å². The van der Waals surface area contributed by atoms with Crippen LogP contribution >= 0.6 is 11.8 Å². The molecule has 28 heavy (non-hydrogen) atoms. The van der Waals surface area contributed by atoms with Gasteiger partial charge >= 0.3 is 0 Å². The lowest BCUT2D eigenvalue weighted by atomic mass is 10.1. The third-order valence-electron chi connectivity index (χ3n) is 4.85. The van der Waals surface area contributed by atoms with E-state index in [-0.39, 0.29) is 11.8 Å². The highest BCUT2D eigenvalue weighted by atomic mass is 32.2. The molecule has 1 fully saturated rings. The van der Waals surface area contributed by atoms with Crippen LogP contribution in [0.2, 0.25) is 0 Å². The molecule has 2 amide bonds. The summed E-state index contributed by atoms with van der Waals surface area (Å²) < 4.78 is 0. The zero-order chi connectivity index (χ0) is 19.9. The van der Waals surface area contributed by atoms with Crippen molar-refractivity contribution in [2.45, 2.75) is 4.90 Å². The van der Waals surface area contributed by atoms with Crippen LogP contribution in [0, 0.1) is 0 Å².